The first-order chi connectivity index (χ1) is 15.2. The summed E-state index contributed by atoms with van der Waals surface area (Å²) in [7, 11) is 0. The first-order valence-corrected chi connectivity index (χ1v) is 11.6. The van der Waals surface area contributed by atoms with Gasteiger partial charge in [0, 0.05) is 27.6 Å². The van der Waals surface area contributed by atoms with Crippen LogP contribution in [-0.4, -0.2) is 28.7 Å². The van der Waals surface area contributed by atoms with Crippen LogP contribution in [0, 0.1) is 17.0 Å². The molecule has 178 valence electrons. The molecule has 2 fully saturated rings. The van der Waals surface area contributed by atoms with Gasteiger partial charge in [-0.2, -0.15) is 0 Å². The zero-order chi connectivity index (χ0) is 24.5. The average Bonchev–Trinajstić information content (AvgIpc) is 3.02. The minimum atomic E-state index is -1.61. The number of carbonyl (C=O) groups excluding carboxylic acids is 1. The van der Waals surface area contributed by atoms with Gasteiger partial charge in [0.05, 0.1) is 5.54 Å². The van der Waals surface area contributed by atoms with Crippen LogP contribution >= 0.6 is 23.2 Å². The standard InChI is InChI=1S/C25H28Cl2F2N2O2/c1-23(2,3)12-18-25(30,20-16(28)10-15(27)11-17(20)29)19(13-7-6-8-14(26)9-13)21-22(32)33-24(4,5)31(18)21/h6-11,18-19,21H,12,30H2,1-5H3. The molecule has 4 nitrogen and oxygen atoms in total. The minimum Gasteiger partial charge on any atom is -0.443 e. The number of nitrogens with two attached hydrogens (primary N) is 1. The van der Waals surface area contributed by atoms with Gasteiger partial charge in [0.15, 0.2) is 5.72 Å². The number of benzene rings is 2. The van der Waals surface area contributed by atoms with Gasteiger partial charge in [-0.3, -0.25) is 4.79 Å². The topological polar surface area (TPSA) is 55.6 Å². The zero-order valence-corrected chi connectivity index (χ0v) is 20.8. The molecule has 4 atom stereocenters. The Kier molecular flexibility index (Phi) is 5.85. The second-order valence-corrected chi connectivity index (χ2v) is 11.6. The Labute approximate surface area is 203 Å². The van der Waals surface area contributed by atoms with E-state index in [1.807, 2.05) is 25.7 Å². The van der Waals surface area contributed by atoms with E-state index < -0.39 is 46.9 Å². The van der Waals surface area contributed by atoms with E-state index in [4.69, 9.17) is 33.7 Å². The number of ether oxygens (including phenoxy) is 1. The molecular formula is C25H28Cl2F2N2O2. The molecule has 0 radical (unpaired) electrons. The molecule has 0 aromatic heterocycles. The molecule has 8 heteroatoms. The normalized spacial score (nSPS) is 29.3. The molecular weight excluding hydrogens is 469 g/mol. The highest BCUT2D eigenvalue weighted by Crippen LogP contribution is 2.58. The highest BCUT2D eigenvalue weighted by atomic mass is 35.5. The lowest BCUT2D eigenvalue weighted by molar-refractivity contribution is -0.152. The van der Waals surface area contributed by atoms with Crippen LogP contribution in [0.4, 0.5) is 8.78 Å². The molecule has 4 rings (SSSR count). The van der Waals surface area contributed by atoms with Gasteiger partial charge in [0.2, 0.25) is 0 Å². The van der Waals surface area contributed by atoms with E-state index in [9.17, 15) is 4.79 Å². The predicted octanol–water partition coefficient (Wildman–Crippen LogP) is 5.99. The lowest BCUT2D eigenvalue weighted by Crippen LogP contribution is -2.57. The summed E-state index contributed by atoms with van der Waals surface area (Å²) in [5, 5.41) is 0.366. The SMILES string of the molecule is CC(C)(C)CC1N2C(C(=O)OC2(C)C)C(c2cccc(Cl)c2)C1(N)c1c(F)cc(Cl)cc1F. The van der Waals surface area contributed by atoms with Crippen molar-refractivity contribution in [1.29, 1.82) is 0 Å². The molecule has 0 spiro atoms. The Bertz CT molecular complexity index is 1090. The Balaban J connectivity index is 2.07. The van der Waals surface area contributed by atoms with E-state index >= 15 is 8.78 Å². The number of fused-ring (bicyclic) bond motifs is 1. The number of cyclic esters (lactones) is 1. The molecule has 2 aliphatic rings. The van der Waals surface area contributed by atoms with Crippen LogP contribution in [0.15, 0.2) is 36.4 Å². The van der Waals surface area contributed by atoms with Gasteiger partial charge in [-0.1, -0.05) is 56.1 Å². The molecule has 2 N–H and O–H groups in total. The Morgan fingerprint density at radius 3 is 2.24 bits per heavy atom. The van der Waals surface area contributed by atoms with Crippen LogP contribution in [-0.2, 0) is 15.1 Å². The van der Waals surface area contributed by atoms with Gasteiger partial charge in [0.1, 0.15) is 17.7 Å². The van der Waals surface area contributed by atoms with Gasteiger partial charge in [-0.15, -0.1) is 0 Å². The second-order valence-electron chi connectivity index (χ2n) is 10.7. The van der Waals surface area contributed by atoms with E-state index in [1.54, 1.807) is 38.1 Å². The quantitative estimate of drug-likeness (QED) is 0.530. The number of nitrogens with zero attached hydrogens (tertiary/aromatic N) is 1. The number of hydrogen-bond donors (Lipinski definition) is 1. The first kappa shape index (κ1) is 24.4. The molecule has 4 unspecified atom stereocenters. The molecule has 0 aliphatic carbocycles. The Morgan fingerprint density at radius 2 is 1.70 bits per heavy atom. The van der Waals surface area contributed by atoms with Gasteiger partial charge in [0.25, 0.3) is 0 Å². The summed E-state index contributed by atoms with van der Waals surface area (Å²) >= 11 is 12.2. The summed E-state index contributed by atoms with van der Waals surface area (Å²) < 4.78 is 36.7. The van der Waals surface area contributed by atoms with Crippen LogP contribution in [0.3, 0.4) is 0 Å². The molecule has 2 saturated heterocycles. The van der Waals surface area contributed by atoms with Crippen molar-refractivity contribution in [2.45, 2.75) is 70.3 Å². The summed E-state index contributed by atoms with van der Waals surface area (Å²) in [6.07, 6.45) is 0.457. The minimum absolute atomic E-state index is 0.0673. The van der Waals surface area contributed by atoms with E-state index in [0.29, 0.717) is 17.0 Å². The number of carbonyl (C=O) groups is 1. The fraction of sp³-hybridized carbons (Fsp3) is 0.480. The largest absolute Gasteiger partial charge is 0.443 e. The summed E-state index contributed by atoms with van der Waals surface area (Å²) in [4.78, 5) is 15.1. The van der Waals surface area contributed by atoms with Gasteiger partial charge in [-0.25, -0.2) is 13.7 Å². The maximum Gasteiger partial charge on any atom is 0.325 e. The molecule has 2 aliphatic heterocycles. The van der Waals surface area contributed by atoms with Crippen molar-refractivity contribution in [2.24, 2.45) is 11.1 Å². The lowest BCUT2D eigenvalue weighted by Gasteiger charge is -2.44. The Morgan fingerprint density at radius 1 is 1.09 bits per heavy atom. The van der Waals surface area contributed by atoms with Crippen molar-refractivity contribution in [2.75, 3.05) is 0 Å². The number of hydrogen-bond acceptors (Lipinski definition) is 4. The van der Waals surface area contributed by atoms with Crippen molar-refractivity contribution in [3.8, 4) is 0 Å². The second kappa shape index (κ2) is 7.91. The van der Waals surface area contributed by atoms with Crippen LogP contribution in [0.2, 0.25) is 10.0 Å². The van der Waals surface area contributed by atoms with E-state index in [0.717, 1.165) is 12.1 Å². The van der Waals surface area contributed by atoms with E-state index in [2.05, 4.69) is 0 Å². The third-order valence-corrected chi connectivity index (χ3v) is 7.14. The highest BCUT2D eigenvalue weighted by Gasteiger charge is 2.69. The first-order valence-electron chi connectivity index (χ1n) is 10.9. The fourth-order valence-corrected chi connectivity index (χ4v) is 6.05. The highest BCUT2D eigenvalue weighted by molar-refractivity contribution is 6.30. The Hall–Kier alpha value is -1.73. The molecule has 0 amide bonds. The molecule has 0 saturated carbocycles. The zero-order valence-electron chi connectivity index (χ0n) is 19.3. The van der Waals surface area contributed by atoms with Crippen molar-refractivity contribution >= 4 is 29.2 Å². The summed E-state index contributed by atoms with van der Waals surface area (Å²) in [6.45, 7) is 9.62. The van der Waals surface area contributed by atoms with E-state index in [-0.39, 0.29) is 16.0 Å². The molecule has 33 heavy (non-hydrogen) atoms. The summed E-state index contributed by atoms with van der Waals surface area (Å²) in [5.41, 5.74) is 4.59. The van der Waals surface area contributed by atoms with Crippen molar-refractivity contribution < 1.29 is 18.3 Å². The van der Waals surface area contributed by atoms with Gasteiger partial charge < -0.3 is 10.5 Å². The predicted molar refractivity (Wildman–Crippen MR) is 125 cm³/mol. The summed E-state index contributed by atoms with van der Waals surface area (Å²) in [6, 6.07) is 7.55. The molecule has 2 aromatic carbocycles. The summed E-state index contributed by atoms with van der Waals surface area (Å²) in [5.74, 6) is -2.99. The smallest absolute Gasteiger partial charge is 0.325 e. The maximum absolute atomic E-state index is 15.5. The number of rotatable bonds is 3. The van der Waals surface area contributed by atoms with Crippen molar-refractivity contribution in [1.82, 2.24) is 4.90 Å². The maximum atomic E-state index is 15.5. The van der Waals surface area contributed by atoms with Crippen LogP contribution in [0.1, 0.15) is 58.1 Å². The third kappa shape index (κ3) is 3.95. The third-order valence-electron chi connectivity index (χ3n) is 6.68. The van der Waals surface area contributed by atoms with Crippen LogP contribution < -0.4 is 5.73 Å². The molecule has 0 bridgehead atoms. The van der Waals surface area contributed by atoms with Gasteiger partial charge >= 0.3 is 5.97 Å². The van der Waals surface area contributed by atoms with E-state index in [1.165, 1.54) is 0 Å². The van der Waals surface area contributed by atoms with Gasteiger partial charge in [-0.05, 0) is 55.5 Å². The van der Waals surface area contributed by atoms with Crippen LogP contribution in [0.25, 0.3) is 0 Å². The number of esters is 1. The monoisotopic (exact) mass is 496 g/mol. The molecule has 2 heterocycles. The lowest BCUT2D eigenvalue weighted by atomic mass is 9.68. The van der Waals surface area contributed by atoms with Crippen LogP contribution in [0.5, 0.6) is 0 Å². The van der Waals surface area contributed by atoms with Crippen molar-refractivity contribution in [3.05, 3.63) is 69.2 Å². The number of halogens is 4. The average molecular weight is 497 g/mol. The fourth-order valence-electron chi connectivity index (χ4n) is 5.66. The molecule has 2 aromatic rings. The van der Waals surface area contributed by atoms with Crippen molar-refractivity contribution in [3.63, 3.8) is 0 Å².